The molecule has 0 aliphatic rings. The van der Waals surface area contributed by atoms with Crippen molar-refractivity contribution in [3.05, 3.63) is 63.2 Å². The largest absolute Gasteiger partial charge is 0.457 e. The van der Waals surface area contributed by atoms with E-state index in [4.69, 9.17) is 22.1 Å². The second-order valence-corrected chi connectivity index (χ2v) is 4.74. The van der Waals surface area contributed by atoms with Crippen molar-refractivity contribution in [1.82, 2.24) is 0 Å². The van der Waals surface area contributed by atoms with Gasteiger partial charge in [-0.2, -0.15) is 0 Å². The predicted octanol–water partition coefficient (Wildman–Crippen LogP) is 4.06. The van der Waals surface area contributed by atoms with Gasteiger partial charge in [0.1, 0.15) is 11.5 Å². The standard InChI is InChI=1S/C14H13ClN2O3/c1-9(16)13-6-5-12(8-14(13)15)20-11-4-2-3-10(7-11)17(18)19/h2-9H,16H2,1H3. The second kappa shape index (κ2) is 5.90. The summed E-state index contributed by atoms with van der Waals surface area (Å²) in [5.74, 6) is 0.878. The number of ether oxygens (including phenoxy) is 1. The highest BCUT2D eigenvalue weighted by Gasteiger charge is 2.09. The number of nitrogens with two attached hydrogens (primary N) is 1. The highest BCUT2D eigenvalue weighted by atomic mass is 35.5. The zero-order valence-electron chi connectivity index (χ0n) is 10.7. The average molecular weight is 293 g/mol. The van der Waals surface area contributed by atoms with Crippen LogP contribution in [-0.2, 0) is 0 Å². The van der Waals surface area contributed by atoms with Gasteiger partial charge in [-0.25, -0.2) is 0 Å². The van der Waals surface area contributed by atoms with Crippen molar-refractivity contribution in [2.45, 2.75) is 13.0 Å². The number of hydrogen-bond acceptors (Lipinski definition) is 4. The van der Waals surface area contributed by atoms with Gasteiger partial charge in [0.05, 0.1) is 11.0 Å². The Morgan fingerprint density at radius 1 is 1.25 bits per heavy atom. The van der Waals surface area contributed by atoms with E-state index in [0.29, 0.717) is 16.5 Å². The fraction of sp³-hybridized carbons (Fsp3) is 0.143. The zero-order chi connectivity index (χ0) is 14.7. The van der Waals surface area contributed by atoms with Crippen LogP contribution in [0.1, 0.15) is 18.5 Å². The quantitative estimate of drug-likeness (QED) is 0.681. The third kappa shape index (κ3) is 3.26. The number of non-ortho nitro benzene ring substituents is 1. The minimum Gasteiger partial charge on any atom is -0.457 e. The topological polar surface area (TPSA) is 78.4 Å². The smallest absolute Gasteiger partial charge is 0.273 e. The van der Waals surface area contributed by atoms with Gasteiger partial charge in [-0.1, -0.05) is 23.7 Å². The molecule has 0 fully saturated rings. The summed E-state index contributed by atoms with van der Waals surface area (Å²) in [6, 6.07) is 10.9. The van der Waals surface area contributed by atoms with Gasteiger partial charge in [0.25, 0.3) is 5.69 Å². The molecule has 2 rings (SSSR count). The molecule has 104 valence electrons. The maximum atomic E-state index is 10.7. The number of benzene rings is 2. The molecule has 5 nitrogen and oxygen atoms in total. The minimum atomic E-state index is -0.473. The van der Waals surface area contributed by atoms with Crippen LogP contribution in [0.2, 0.25) is 5.02 Å². The maximum Gasteiger partial charge on any atom is 0.273 e. The van der Waals surface area contributed by atoms with Crippen molar-refractivity contribution >= 4 is 17.3 Å². The SMILES string of the molecule is CC(N)c1ccc(Oc2cccc([N+](=O)[O-])c2)cc1Cl. The third-order valence-electron chi connectivity index (χ3n) is 2.73. The van der Waals surface area contributed by atoms with Crippen molar-refractivity contribution in [2.24, 2.45) is 5.73 Å². The Kier molecular flexibility index (Phi) is 4.22. The van der Waals surface area contributed by atoms with Crippen molar-refractivity contribution in [3.8, 4) is 11.5 Å². The monoisotopic (exact) mass is 292 g/mol. The molecule has 0 radical (unpaired) electrons. The van der Waals surface area contributed by atoms with Gasteiger partial charge in [-0.3, -0.25) is 10.1 Å². The molecule has 0 saturated heterocycles. The van der Waals surface area contributed by atoms with Crippen molar-refractivity contribution in [2.75, 3.05) is 0 Å². The molecule has 0 amide bonds. The summed E-state index contributed by atoms with van der Waals surface area (Å²) in [5.41, 5.74) is 6.56. The van der Waals surface area contributed by atoms with Gasteiger partial charge >= 0.3 is 0 Å². The highest BCUT2D eigenvalue weighted by Crippen LogP contribution is 2.30. The fourth-order valence-corrected chi connectivity index (χ4v) is 2.08. The van der Waals surface area contributed by atoms with Crippen molar-refractivity contribution in [1.29, 1.82) is 0 Å². The van der Waals surface area contributed by atoms with E-state index in [0.717, 1.165) is 5.56 Å². The molecule has 2 N–H and O–H groups in total. The van der Waals surface area contributed by atoms with Crippen LogP contribution in [0.3, 0.4) is 0 Å². The molecule has 0 bridgehead atoms. The Morgan fingerprint density at radius 3 is 2.55 bits per heavy atom. The fourth-order valence-electron chi connectivity index (χ4n) is 1.74. The Hall–Kier alpha value is -2.11. The van der Waals surface area contributed by atoms with Crippen LogP contribution in [0.5, 0.6) is 11.5 Å². The van der Waals surface area contributed by atoms with E-state index in [1.54, 1.807) is 30.3 Å². The molecule has 20 heavy (non-hydrogen) atoms. The van der Waals surface area contributed by atoms with E-state index in [2.05, 4.69) is 0 Å². The molecule has 0 saturated carbocycles. The van der Waals surface area contributed by atoms with Gasteiger partial charge in [-0.05, 0) is 30.7 Å². The summed E-state index contributed by atoms with van der Waals surface area (Å²) in [7, 11) is 0. The first-order chi connectivity index (χ1) is 9.47. The molecule has 1 unspecified atom stereocenters. The van der Waals surface area contributed by atoms with Gasteiger partial charge in [0, 0.05) is 17.1 Å². The van der Waals surface area contributed by atoms with Crippen LogP contribution in [0.4, 0.5) is 5.69 Å². The van der Waals surface area contributed by atoms with E-state index in [1.807, 2.05) is 6.92 Å². The third-order valence-corrected chi connectivity index (χ3v) is 3.05. The molecular weight excluding hydrogens is 280 g/mol. The summed E-state index contributed by atoms with van der Waals surface area (Å²) in [5, 5.41) is 11.2. The zero-order valence-corrected chi connectivity index (χ0v) is 11.5. The van der Waals surface area contributed by atoms with Crippen molar-refractivity contribution in [3.63, 3.8) is 0 Å². The van der Waals surface area contributed by atoms with E-state index < -0.39 is 4.92 Å². The second-order valence-electron chi connectivity index (χ2n) is 4.33. The highest BCUT2D eigenvalue weighted by molar-refractivity contribution is 6.31. The first kappa shape index (κ1) is 14.3. The maximum absolute atomic E-state index is 10.7. The van der Waals surface area contributed by atoms with Crippen LogP contribution in [0.25, 0.3) is 0 Å². The number of rotatable bonds is 4. The van der Waals surface area contributed by atoms with Crippen LogP contribution >= 0.6 is 11.6 Å². The lowest BCUT2D eigenvalue weighted by atomic mass is 10.1. The molecule has 0 spiro atoms. The summed E-state index contributed by atoms with van der Waals surface area (Å²) in [6.45, 7) is 1.84. The molecule has 0 aromatic heterocycles. The molecule has 2 aromatic rings. The van der Waals surface area contributed by atoms with Gasteiger partial charge in [0.2, 0.25) is 0 Å². The Balaban J connectivity index is 2.24. The van der Waals surface area contributed by atoms with E-state index >= 15 is 0 Å². The first-order valence-corrected chi connectivity index (χ1v) is 6.32. The normalized spacial score (nSPS) is 11.9. The number of nitro benzene ring substituents is 1. The van der Waals surface area contributed by atoms with E-state index in [9.17, 15) is 10.1 Å². The molecule has 0 heterocycles. The summed E-state index contributed by atoms with van der Waals surface area (Å²) < 4.78 is 5.56. The number of halogens is 1. The lowest BCUT2D eigenvalue weighted by molar-refractivity contribution is -0.384. The van der Waals surface area contributed by atoms with E-state index in [1.165, 1.54) is 12.1 Å². The molecule has 2 aromatic carbocycles. The average Bonchev–Trinajstić information content (AvgIpc) is 2.38. The number of hydrogen-bond donors (Lipinski definition) is 1. The molecular formula is C14H13ClN2O3. The molecule has 0 aliphatic heterocycles. The van der Waals surface area contributed by atoms with Gasteiger partial charge in [-0.15, -0.1) is 0 Å². The Labute approximate surface area is 121 Å². The molecule has 0 aliphatic carbocycles. The van der Waals surface area contributed by atoms with E-state index in [-0.39, 0.29) is 11.7 Å². The Bertz CT molecular complexity index is 644. The molecule has 6 heteroatoms. The summed E-state index contributed by atoms with van der Waals surface area (Å²) in [4.78, 5) is 10.2. The molecule has 1 atom stereocenters. The van der Waals surface area contributed by atoms with Crippen LogP contribution < -0.4 is 10.5 Å². The number of nitro groups is 1. The van der Waals surface area contributed by atoms with Crippen LogP contribution in [-0.4, -0.2) is 4.92 Å². The van der Waals surface area contributed by atoms with Crippen molar-refractivity contribution < 1.29 is 9.66 Å². The Morgan fingerprint density at radius 2 is 1.95 bits per heavy atom. The van der Waals surface area contributed by atoms with Crippen LogP contribution in [0, 0.1) is 10.1 Å². The van der Waals surface area contributed by atoms with Crippen LogP contribution in [0.15, 0.2) is 42.5 Å². The van der Waals surface area contributed by atoms with Gasteiger partial charge < -0.3 is 10.5 Å². The lowest BCUT2D eigenvalue weighted by Crippen LogP contribution is -2.05. The first-order valence-electron chi connectivity index (χ1n) is 5.94. The summed E-state index contributed by atoms with van der Waals surface area (Å²) >= 11 is 6.10. The predicted molar refractivity (Wildman–Crippen MR) is 77.2 cm³/mol. The summed E-state index contributed by atoms with van der Waals surface area (Å²) in [6.07, 6.45) is 0. The minimum absolute atomic E-state index is 0.0270. The van der Waals surface area contributed by atoms with Gasteiger partial charge in [0.15, 0.2) is 0 Å². The lowest BCUT2D eigenvalue weighted by Gasteiger charge is -2.11. The number of nitrogens with zero attached hydrogens (tertiary/aromatic N) is 1.